The molecule has 144 valence electrons. The summed E-state index contributed by atoms with van der Waals surface area (Å²) in [7, 11) is 0. The molecule has 6 nitrogen and oxygen atoms in total. The lowest BCUT2D eigenvalue weighted by Gasteiger charge is -2.16. The number of rotatable bonds is 8. The molecular formula is C22H23N3O3. The first-order chi connectivity index (χ1) is 13.7. The molecule has 1 unspecified atom stereocenters. The van der Waals surface area contributed by atoms with Crippen LogP contribution in [0.3, 0.4) is 0 Å². The van der Waals surface area contributed by atoms with E-state index in [1.165, 1.54) is 6.20 Å². The van der Waals surface area contributed by atoms with Crippen molar-refractivity contribution >= 4 is 11.9 Å². The zero-order valence-corrected chi connectivity index (χ0v) is 15.7. The Balaban J connectivity index is 1.70. The number of carbonyl (C=O) groups excluding carboxylic acids is 2. The summed E-state index contributed by atoms with van der Waals surface area (Å²) in [4.78, 5) is 25.1. The summed E-state index contributed by atoms with van der Waals surface area (Å²) in [5.74, 6) is -1.06. The average molecular weight is 377 g/mol. The first-order valence-corrected chi connectivity index (χ1v) is 9.26. The number of esters is 1. The summed E-state index contributed by atoms with van der Waals surface area (Å²) in [5.41, 5.74) is 2.97. The molecule has 1 aromatic heterocycles. The van der Waals surface area contributed by atoms with Crippen molar-refractivity contribution in [1.29, 1.82) is 0 Å². The standard InChI is InChI=1S/C22H23N3O3/c1-2-28-22(27)18(13-16-9-5-3-6-10-16)14-23-21(26)19-15-24-25-20(19)17-11-7-4-8-12-17/h3-12,15,18H,2,13-14H2,1H3,(H,23,26)(H,24,25). The molecule has 1 atom stereocenters. The Bertz CT molecular complexity index is 907. The van der Waals surface area contributed by atoms with Gasteiger partial charge in [-0.25, -0.2) is 0 Å². The van der Waals surface area contributed by atoms with Crippen LogP contribution in [0.5, 0.6) is 0 Å². The van der Waals surface area contributed by atoms with Gasteiger partial charge in [-0.1, -0.05) is 60.7 Å². The van der Waals surface area contributed by atoms with Gasteiger partial charge in [0.2, 0.25) is 0 Å². The summed E-state index contributed by atoms with van der Waals surface area (Å²) in [6, 6.07) is 19.2. The summed E-state index contributed by atoms with van der Waals surface area (Å²) in [6.07, 6.45) is 1.99. The van der Waals surface area contributed by atoms with Crippen LogP contribution in [0.1, 0.15) is 22.8 Å². The predicted molar refractivity (Wildman–Crippen MR) is 107 cm³/mol. The van der Waals surface area contributed by atoms with Crippen molar-refractivity contribution in [2.75, 3.05) is 13.2 Å². The Hall–Kier alpha value is -3.41. The maximum Gasteiger partial charge on any atom is 0.311 e. The fourth-order valence-electron chi connectivity index (χ4n) is 2.99. The maximum atomic E-state index is 12.7. The minimum atomic E-state index is -0.460. The fraction of sp³-hybridized carbons (Fsp3) is 0.227. The molecule has 0 aliphatic rings. The smallest absolute Gasteiger partial charge is 0.311 e. The Morgan fingerprint density at radius 1 is 1.07 bits per heavy atom. The third-order valence-corrected chi connectivity index (χ3v) is 4.40. The van der Waals surface area contributed by atoms with Gasteiger partial charge in [0.25, 0.3) is 5.91 Å². The van der Waals surface area contributed by atoms with Crippen LogP contribution in [0.25, 0.3) is 11.3 Å². The Morgan fingerprint density at radius 2 is 1.75 bits per heavy atom. The first-order valence-electron chi connectivity index (χ1n) is 9.26. The van der Waals surface area contributed by atoms with E-state index in [1.54, 1.807) is 6.92 Å². The number of H-pyrrole nitrogens is 1. The zero-order chi connectivity index (χ0) is 19.8. The van der Waals surface area contributed by atoms with Crippen LogP contribution in [0.4, 0.5) is 0 Å². The van der Waals surface area contributed by atoms with Gasteiger partial charge in [-0.3, -0.25) is 14.7 Å². The summed E-state index contributed by atoms with van der Waals surface area (Å²) >= 11 is 0. The number of benzene rings is 2. The van der Waals surface area contributed by atoms with Crippen LogP contribution in [0.2, 0.25) is 0 Å². The Labute approximate surface area is 163 Å². The van der Waals surface area contributed by atoms with E-state index in [0.717, 1.165) is 11.1 Å². The molecule has 28 heavy (non-hydrogen) atoms. The number of ether oxygens (including phenoxy) is 1. The normalized spacial score (nSPS) is 11.6. The fourth-order valence-corrected chi connectivity index (χ4v) is 2.99. The second-order valence-corrected chi connectivity index (χ2v) is 6.37. The highest BCUT2D eigenvalue weighted by molar-refractivity contribution is 5.99. The van der Waals surface area contributed by atoms with Gasteiger partial charge < -0.3 is 10.1 Å². The van der Waals surface area contributed by atoms with Crippen molar-refractivity contribution in [1.82, 2.24) is 15.5 Å². The van der Waals surface area contributed by atoms with Gasteiger partial charge in [0.05, 0.1) is 30.0 Å². The van der Waals surface area contributed by atoms with Crippen LogP contribution >= 0.6 is 0 Å². The number of amides is 1. The van der Waals surface area contributed by atoms with Crippen molar-refractivity contribution in [2.45, 2.75) is 13.3 Å². The van der Waals surface area contributed by atoms with E-state index < -0.39 is 5.92 Å². The molecule has 0 saturated carbocycles. The maximum absolute atomic E-state index is 12.7. The van der Waals surface area contributed by atoms with E-state index >= 15 is 0 Å². The van der Waals surface area contributed by atoms with Crippen LogP contribution in [-0.4, -0.2) is 35.2 Å². The lowest BCUT2D eigenvalue weighted by Crippen LogP contribution is -2.35. The van der Waals surface area contributed by atoms with Gasteiger partial charge >= 0.3 is 5.97 Å². The molecule has 1 heterocycles. The van der Waals surface area contributed by atoms with Crippen molar-refractivity contribution in [3.63, 3.8) is 0 Å². The van der Waals surface area contributed by atoms with Gasteiger partial charge in [-0.15, -0.1) is 0 Å². The number of carbonyl (C=O) groups is 2. The largest absolute Gasteiger partial charge is 0.466 e. The molecule has 0 bridgehead atoms. The topological polar surface area (TPSA) is 84.1 Å². The van der Waals surface area contributed by atoms with Crippen molar-refractivity contribution in [3.8, 4) is 11.3 Å². The number of hydrogen-bond acceptors (Lipinski definition) is 4. The lowest BCUT2D eigenvalue weighted by molar-refractivity contribution is -0.147. The van der Waals surface area contributed by atoms with Crippen LogP contribution in [-0.2, 0) is 16.0 Å². The van der Waals surface area contributed by atoms with E-state index in [2.05, 4.69) is 15.5 Å². The SMILES string of the molecule is CCOC(=O)C(CNC(=O)c1cn[nH]c1-c1ccccc1)Cc1ccccc1. The number of hydrogen-bond donors (Lipinski definition) is 2. The molecule has 3 rings (SSSR count). The van der Waals surface area contributed by atoms with Crippen molar-refractivity contribution in [2.24, 2.45) is 5.92 Å². The highest BCUT2D eigenvalue weighted by Gasteiger charge is 2.23. The molecule has 1 amide bonds. The van der Waals surface area contributed by atoms with Gasteiger partial charge in [-0.2, -0.15) is 5.10 Å². The van der Waals surface area contributed by atoms with Gasteiger partial charge in [-0.05, 0) is 18.9 Å². The van der Waals surface area contributed by atoms with Gasteiger partial charge in [0.15, 0.2) is 0 Å². The number of aromatic nitrogens is 2. The molecule has 3 aromatic rings. The molecule has 0 saturated heterocycles. The molecule has 2 N–H and O–H groups in total. The number of nitrogens with zero attached hydrogens (tertiary/aromatic N) is 1. The number of aromatic amines is 1. The van der Waals surface area contributed by atoms with Crippen LogP contribution in [0, 0.1) is 5.92 Å². The van der Waals surface area contributed by atoms with E-state index in [1.807, 2.05) is 60.7 Å². The highest BCUT2D eigenvalue weighted by atomic mass is 16.5. The van der Waals surface area contributed by atoms with Crippen molar-refractivity contribution < 1.29 is 14.3 Å². The summed E-state index contributed by atoms with van der Waals surface area (Å²) in [5, 5.41) is 9.73. The highest BCUT2D eigenvalue weighted by Crippen LogP contribution is 2.20. The van der Waals surface area contributed by atoms with Crippen LogP contribution in [0.15, 0.2) is 66.9 Å². The first kappa shape index (κ1) is 19.4. The third-order valence-electron chi connectivity index (χ3n) is 4.40. The molecule has 0 radical (unpaired) electrons. The molecular weight excluding hydrogens is 354 g/mol. The zero-order valence-electron chi connectivity index (χ0n) is 15.7. The minimum Gasteiger partial charge on any atom is -0.466 e. The summed E-state index contributed by atoms with van der Waals surface area (Å²) in [6.45, 7) is 2.26. The quantitative estimate of drug-likeness (QED) is 0.590. The third kappa shape index (κ3) is 4.85. The Kier molecular flexibility index (Phi) is 6.57. The van der Waals surface area contributed by atoms with Crippen molar-refractivity contribution in [3.05, 3.63) is 78.0 Å². The predicted octanol–water partition coefficient (Wildman–Crippen LogP) is 3.23. The lowest BCUT2D eigenvalue weighted by atomic mass is 9.99. The molecule has 0 aliphatic carbocycles. The molecule has 0 fully saturated rings. The molecule has 0 spiro atoms. The van der Waals surface area contributed by atoms with Crippen LogP contribution < -0.4 is 5.32 Å². The van der Waals surface area contributed by atoms with E-state index in [4.69, 9.17) is 4.74 Å². The van der Waals surface area contributed by atoms with Gasteiger partial charge in [0.1, 0.15) is 0 Å². The van der Waals surface area contributed by atoms with E-state index in [-0.39, 0.29) is 18.4 Å². The van der Waals surface area contributed by atoms with E-state index in [0.29, 0.717) is 24.3 Å². The molecule has 2 aromatic carbocycles. The Morgan fingerprint density at radius 3 is 2.43 bits per heavy atom. The molecule has 6 heteroatoms. The summed E-state index contributed by atoms with van der Waals surface area (Å²) < 4.78 is 5.18. The monoisotopic (exact) mass is 377 g/mol. The molecule has 0 aliphatic heterocycles. The average Bonchev–Trinajstić information content (AvgIpc) is 3.22. The number of nitrogens with one attached hydrogen (secondary N) is 2. The van der Waals surface area contributed by atoms with E-state index in [9.17, 15) is 9.59 Å². The second kappa shape index (κ2) is 9.50. The second-order valence-electron chi connectivity index (χ2n) is 6.37. The minimum absolute atomic E-state index is 0.186. The van der Waals surface area contributed by atoms with Gasteiger partial charge in [0, 0.05) is 12.1 Å².